The minimum atomic E-state index is -0.898. The number of benzene rings is 2. The van der Waals surface area contributed by atoms with Crippen molar-refractivity contribution in [2.75, 3.05) is 32.0 Å². The SMILES string of the molecule is CCNC(=NCC1CCCOC1c1ccc(C)cc1)NCCS(=O)Cc1ccccc1. The van der Waals surface area contributed by atoms with E-state index >= 15 is 0 Å². The minimum absolute atomic E-state index is 0.0966. The highest BCUT2D eigenvalue weighted by molar-refractivity contribution is 7.84. The molecule has 3 rings (SSSR count). The van der Waals surface area contributed by atoms with Gasteiger partial charge < -0.3 is 15.4 Å². The summed E-state index contributed by atoms with van der Waals surface area (Å²) in [4.78, 5) is 4.83. The fourth-order valence-corrected chi connectivity index (χ4v) is 4.86. The topological polar surface area (TPSA) is 62.7 Å². The van der Waals surface area contributed by atoms with E-state index in [1.807, 2.05) is 30.3 Å². The third-order valence-corrected chi connectivity index (χ3v) is 6.79. The summed E-state index contributed by atoms with van der Waals surface area (Å²) in [6.45, 7) is 7.11. The number of rotatable bonds is 9. The van der Waals surface area contributed by atoms with Crippen LogP contribution in [0.15, 0.2) is 59.6 Å². The fourth-order valence-electron chi connectivity index (χ4n) is 3.82. The number of aliphatic imine (C=N–C) groups is 1. The molecule has 0 amide bonds. The Morgan fingerprint density at radius 1 is 1.13 bits per heavy atom. The van der Waals surface area contributed by atoms with E-state index in [-0.39, 0.29) is 6.10 Å². The van der Waals surface area contributed by atoms with E-state index in [0.29, 0.717) is 30.5 Å². The molecule has 0 aliphatic carbocycles. The second kappa shape index (κ2) is 12.6. The van der Waals surface area contributed by atoms with E-state index in [1.165, 1.54) is 11.1 Å². The molecular weight excluding hydrogens is 406 g/mol. The van der Waals surface area contributed by atoms with E-state index < -0.39 is 10.8 Å². The van der Waals surface area contributed by atoms with Gasteiger partial charge in [-0.05, 0) is 37.8 Å². The average Bonchev–Trinajstić information content (AvgIpc) is 2.79. The molecule has 168 valence electrons. The molecule has 0 bridgehead atoms. The summed E-state index contributed by atoms with van der Waals surface area (Å²) in [7, 11) is -0.898. The van der Waals surface area contributed by atoms with Gasteiger partial charge in [-0.15, -0.1) is 0 Å². The lowest BCUT2D eigenvalue weighted by Gasteiger charge is -2.31. The van der Waals surface area contributed by atoms with Crippen LogP contribution in [0.1, 0.15) is 42.6 Å². The van der Waals surface area contributed by atoms with Gasteiger partial charge in [-0.1, -0.05) is 60.2 Å². The maximum Gasteiger partial charge on any atom is 0.191 e. The molecule has 2 aromatic rings. The van der Waals surface area contributed by atoms with Crippen molar-refractivity contribution in [3.63, 3.8) is 0 Å². The fraction of sp³-hybridized carbons (Fsp3) is 0.480. The van der Waals surface area contributed by atoms with Gasteiger partial charge in [-0.2, -0.15) is 0 Å². The quantitative estimate of drug-likeness (QED) is 0.457. The van der Waals surface area contributed by atoms with Crippen LogP contribution in [0.5, 0.6) is 0 Å². The van der Waals surface area contributed by atoms with Crippen molar-refractivity contribution in [3.8, 4) is 0 Å². The second-order valence-electron chi connectivity index (χ2n) is 8.02. The number of nitrogens with zero attached hydrogens (tertiary/aromatic N) is 1. The molecule has 0 radical (unpaired) electrons. The number of guanidine groups is 1. The molecule has 3 unspecified atom stereocenters. The summed E-state index contributed by atoms with van der Waals surface area (Å²) in [5.41, 5.74) is 3.61. The lowest BCUT2D eigenvalue weighted by molar-refractivity contribution is -0.0250. The summed E-state index contributed by atoms with van der Waals surface area (Å²) < 4.78 is 18.5. The third kappa shape index (κ3) is 7.78. The highest BCUT2D eigenvalue weighted by Gasteiger charge is 2.27. The molecule has 1 aliphatic heterocycles. The van der Waals surface area contributed by atoms with E-state index in [1.54, 1.807) is 0 Å². The zero-order valence-corrected chi connectivity index (χ0v) is 19.5. The maximum atomic E-state index is 12.4. The Bertz CT molecular complexity index is 840. The summed E-state index contributed by atoms with van der Waals surface area (Å²) in [5, 5.41) is 6.65. The highest BCUT2D eigenvalue weighted by atomic mass is 32.2. The Balaban J connectivity index is 1.52. The molecule has 1 heterocycles. The predicted octanol–water partition coefficient (Wildman–Crippen LogP) is 3.97. The molecule has 2 N–H and O–H groups in total. The lowest BCUT2D eigenvalue weighted by Crippen LogP contribution is -2.40. The summed E-state index contributed by atoms with van der Waals surface area (Å²) in [5.74, 6) is 2.33. The van der Waals surface area contributed by atoms with Crippen LogP contribution in [0.25, 0.3) is 0 Å². The molecule has 0 aromatic heterocycles. The number of ether oxygens (including phenoxy) is 1. The zero-order chi connectivity index (χ0) is 21.9. The van der Waals surface area contributed by atoms with Gasteiger partial charge in [0.25, 0.3) is 0 Å². The van der Waals surface area contributed by atoms with Gasteiger partial charge in [0, 0.05) is 54.5 Å². The number of hydrogen-bond acceptors (Lipinski definition) is 3. The number of hydrogen-bond donors (Lipinski definition) is 2. The first-order valence-electron chi connectivity index (χ1n) is 11.2. The molecule has 6 heteroatoms. The van der Waals surface area contributed by atoms with Crippen LogP contribution in [0.3, 0.4) is 0 Å². The van der Waals surface area contributed by atoms with Crippen molar-refractivity contribution in [1.82, 2.24) is 10.6 Å². The van der Waals surface area contributed by atoms with Crippen LogP contribution in [0.4, 0.5) is 0 Å². The zero-order valence-electron chi connectivity index (χ0n) is 18.7. The summed E-state index contributed by atoms with van der Waals surface area (Å²) in [6, 6.07) is 18.6. The van der Waals surface area contributed by atoms with E-state index in [0.717, 1.165) is 37.5 Å². The van der Waals surface area contributed by atoms with Crippen molar-refractivity contribution < 1.29 is 8.95 Å². The molecule has 5 nitrogen and oxygen atoms in total. The van der Waals surface area contributed by atoms with Crippen LogP contribution in [-0.2, 0) is 21.3 Å². The van der Waals surface area contributed by atoms with E-state index in [2.05, 4.69) is 48.7 Å². The molecular formula is C25H35N3O2S. The van der Waals surface area contributed by atoms with Gasteiger partial charge in [0.15, 0.2) is 5.96 Å². The first kappa shape index (κ1) is 23.5. The predicted molar refractivity (Wildman–Crippen MR) is 130 cm³/mol. The Kier molecular flexibility index (Phi) is 9.56. The Hall–Kier alpha value is -2.18. The van der Waals surface area contributed by atoms with Gasteiger partial charge in [-0.3, -0.25) is 9.20 Å². The van der Waals surface area contributed by atoms with Crippen LogP contribution in [-0.4, -0.2) is 42.2 Å². The minimum Gasteiger partial charge on any atom is -0.373 e. The first-order valence-corrected chi connectivity index (χ1v) is 12.7. The van der Waals surface area contributed by atoms with Crippen LogP contribution < -0.4 is 10.6 Å². The number of aryl methyl sites for hydroxylation is 1. The molecule has 31 heavy (non-hydrogen) atoms. The summed E-state index contributed by atoms with van der Waals surface area (Å²) in [6.07, 6.45) is 2.28. The highest BCUT2D eigenvalue weighted by Crippen LogP contribution is 2.33. The molecule has 1 aliphatic rings. The molecule has 1 fully saturated rings. The van der Waals surface area contributed by atoms with Crippen molar-refractivity contribution >= 4 is 16.8 Å². The van der Waals surface area contributed by atoms with Crippen molar-refractivity contribution in [2.24, 2.45) is 10.9 Å². The van der Waals surface area contributed by atoms with Gasteiger partial charge in [0.1, 0.15) is 0 Å². The van der Waals surface area contributed by atoms with Crippen molar-refractivity contribution in [3.05, 3.63) is 71.3 Å². The van der Waals surface area contributed by atoms with E-state index in [4.69, 9.17) is 9.73 Å². The monoisotopic (exact) mass is 441 g/mol. The molecule has 2 aromatic carbocycles. The van der Waals surface area contributed by atoms with Crippen LogP contribution in [0.2, 0.25) is 0 Å². The Labute approximate surface area is 189 Å². The lowest BCUT2D eigenvalue weighted by atomic mass is 9.89. The van der Waals surface area contributed by atoms with Gasteiger partial charge in [0.2, 0.25) is 0 Å². The third-order valence-electron chi connectivity index (χ3n) is 5.47. The average molecular weight is 442 g/mol. The largest absolute Gasteiger partial charge is 0.373 e. The van der Waals surface area contributed by atoms with Gasteiger partial charge >= 0.3 is 0 Å². The standard InChI is InChI=1S/C25H35N3O2S/c1-3-26-25(27-15-17-31(29)19-21-8-5-4-6-9-21)28-18-23-10-7-16-30-24(23)22-13-11-20(2)12-14-22/h4-6,8-9,11-14,23-24H,3,7,10,15-19H2,1-2H3,(H2,26,27,28). The molecule has 1 saturated heterocycles. The number of nitrogens with one attached hydrogen (secondary N) is 2. The van der Waals surface area contributed by atoms with Crippen molar-refractivity contribution in [2.45, 2.75) is 38.5 Å². The van der Waals surface area contributed by atoms with E-state index in [9.17, 15) is 4.21 Å². The normalized spacial score (nSPS) is 20.3. The van der Waals surface area contributed by atoms with Gasteiger partial charge in [0.05, 0.1) is 6.10 Å². The summed E-state index contributed by atoms with van der Waals surface area (Å²) >= 11 is 0. The smallest absolute Gasteiger partial charge is 0.191 e. The maximum absolute atomic E-state index is 12.4. The van der Waals surface area contributed by atoms with Crippen LogP contribution in [0, 0.1) is 12.8 Å². The second-order valence-corrected chi connectivity index (χ2v) is 9.60. The van der Waals surface area contributed by atoms with Crippen LogP contribution >= 0.6 is 0 Å². The van der Waals surface area contributed by atoms with Gasteiger partial charge in [-0.25, -0.2) is 0 Å². The Morgan fingerprint density at radius 2 is 1.90 bits per heavy atom. The Morgan fingerprint density at radius 3 is 2.65 bits per heavy atom. The molecule has 3 atom stereocenters. The van der Waals surface area contributed by atoms with Crippen molar-refractivity contribution in [1.29, 1.82) is 0 Å². The molecule has 0 spiro atoms. The first-order chi connectivity index (χ1) is 15.2. The molecule has 0 saturated carbocycles.